The van der Waals surface area contributed by atoms with E-state index >= 15 is 0 Å². The second kappa shape index (κ2) is 5.19. The molecule has 0 heteroatoms. The fourth-order valence-corrected chi connectivity index (χ4v) is 1.70. The first-order chi connectivity index (χ1) is 6.59. The van der Waals surface area contributed by atoms with Crippen LogP contribution in [0.1, 0.15) is 47.0 Å². The van der Waals surface area contributed by atoms with Gasteiger partial charge in [0.25, 0.3) is 0 Å². The van der Waals surface area contributed by atoms with Crippen LogP contribution in [0.4, 0.5) is 0 Å². The molecular formula is C14H22. The summed E-state index contributed by atoms with van der Waals surface area (Å²) in [7, 11) is 0. The topological polar surface area (TPSA) is 0 Å². The van der Waals surface area contributed by atoms with Crippen LogP contribution in [-0.4, -0.2) is 0 Å². The van der Waals surface area contributed by atoms with Crippen molar-refractivity contribution < 1.29 is 0 Å². The van der Waals surface area contributed by atoms with E-state index in [0.29, 0.717) is 0 Å². The van der Waals surface area contributed by atoms with Crippen molar-refractivity contribution in [3.05, 3.63) is 34.9 Å². The molecule has 0 bridgehead atoms. The fraction of sp³-hybridized carbons (Fsp3) is 0.571. The second-order valence-electron chi connectivity index (χ2n) is 4.62. The van der Waals surface area contributed by atoms with Crippen molar-refractivity contribution in [1.29, 1.82) is 0 Å². The zero-order valence-electron chi connectivity index (χ0n) is 9.93. The van der Waals surface area contributed by atoms with Crippen LogP contribution in [0.5, 0.6) is 0 Å². The molecule has 0 aromatic rings. The predicted octanol–water partition coefficient (Wildman–Crippen LogP) is 4.65. The van der Waals surface area contributed by atoms with Crippen LogP contribution >= 0.6 is 0 Å². The van der Waals surface area contributed by atoms with Crippen LogP contribution in [0.3, 0.4) is 0 Å². The van der Waals surface area contributed by atoms with Crippen molar-refractivity contribution >= 4 is 0 Å². The molecule has 14 heavy (non-hydrogen) atoms. The van der Waals surface area contributed by atoms with Gasteiger partial charge in [-0.2, -0.15) is 0 Å². The van der Waals surface area contributed by atoms with Crippen LogP contribution in [0, 0.1) is 5.92 Å². The van der Waals surface area contributed by atoms with E-state index in [1.165, 1.54) is 24.8 Å². The molecule has 0 aromatic carbocycles. The van der Waals surface area contributed by atoms with Gasteiger partial charge in [0.15, 0.2) is 0 Å². The lowest BCUT2D eigenvalue weighted by Gasteiger charge is -2.21. The number of allylic oxidation sites excluding steroid dienone is 6. The highest BCUT2D eigenvalue weighted by Crippen LogP contribution is 2.29. The van der Waals surface area contributed by atoms with Gasteiger partial charge in [-0.25, -0.2) is 0 Å². The van der Waals surface area contributed by atoms with Crippen molar-refractivity contribution in [3.63, 3.8) is 0 Å². The lowest BCUT2D eigenvalue weighted by atomic mass is 9.84. The van der Waals surface area contributed by atoms with Gasteiger partial charge in [-0.1, -0.05) is 34.9 Å². The largest absolute Gasteiger partial charge is 0.0856 e. The van der Waals surface area contributed by atoms with Gasteiger partial charge in [-0.15, -0.1) is 0 Å². The van der Waals surface area contributed by atoms with Gasteiger partial charge in [-0.05, 0) is 47.0 Å². The van der Waals surface area contributed by atoms with Crippen molar-refractivity contribution in [2.24, 2.45) is 5.92 Å². The average molecular weight is 190 g/mol. The maximum absolute atomic E-state index is 2.44. The molecule has 0 fully saturated rings. The van der Waals surface area contributed by atoms with Crippen molar-refractivity contribution in [3.8, 4) is 0 Å². The molecule has 0 amide bonds. The van der Waals surface area contributed by atoms with Gasteiger partial charge >= 0.3 is 0 Å². The molecule has 1 aliphatic rings. The third kappa shape index (κ3) is 3.53. The Bertz CT molecular complexity index is 272. The molecule has 78 valence electrons. The van der Waals surface area contributed by atoms with Gasteiger partial charge < -0.3 is 0 Å². The minimum absolute atomic E-state index is 0.752. The predicted molar refractivity (Wildman–Crippen MR) is 64.3 cm³/mol. The Morgan fingerprint density at radius 2 is 2.14 bits per heavy atom. The van der Waals surface area contributed by atoms with Crippen LogP contribution in [0.2, 0.25) is 0 Å². The third-order valence-corrected chi connectivity index (χ3v) is 2.86. The molecule has 0 aromatic heterocycles. The Kier molecular flexibility index (Phi) is 4.19. The quantitative estimate of drug-likeness (QED) is 0.566. The Labute approximate surface area is 88.4 Å². The highest BCUT2D eigenvalue weighted by Gasteiger charge is 2.13. The summed E-state index contributed by atoms with van der Waals surface area (Å²) in [4.78, 5) is 0. The highest BCUT2D eigenvalue weighted by molar-refractivity contribution is 5.23. The van der Waals surface area contributed by atoms with Gasteiger partial charge in [0.2, 0.25) is 0 Å². The molecule has 0 spiro atoms. The van der Waals surface area contributed by atoms with Gasteiger partial charge in [0, 0.05) is 5.92 Å². The summed E-state index contributed by atoms with van der Waals surface area (Å²) in [5.74, 6) is 0.752. The number of rotatable bonds is 4. The summed E-state index contributed by atoms with van der Waals surface area (Å²) in [6.45, 7) is 8.81. The van der Waals surface area contributed by atoms with Gasteiger partial charge in [-0.3, -0.25) is 0 Å². The van der Waals surface area contributed by atoms with Crippen LogP contribution in [-0.2, 0) is 0 Å². The molecule has 1 unspecified atom stereocenters. The van der Waals surface area contributed by atoms with Crippen LogP contribution < -0.4 is 0 Å². The Morgan fingerprint density at radius 3 is 2.57 bits per heavy atom. The molecule has 0 radical (unpaired) electrons. The zero-order valence-corrected chi connectivity index (χ0v) is 9.93. The van der Waals surface area contributed by atoms with Crippen LogP contribution in [0.25, 0.3) is 0 Å². The molecule has 1 atom stereocenters. The van der Waals surface area contributed by atoms with E-state index in [9.17, 15) is 0 Å². The summed E-state index contributed by atoms with van der Waals surface area (Å²) < 4.78 is 0. The van der Waals surface area contributed by atoms with Crippen molar-refractivity contribution in [2.45, 2.75) is 47.0 Å². The van der Waals surface area contributed by atoms with Crippen LogP contribution in [0.15, 0.2) is 34.9 Å². The van der Waals surface area contributed by atoms with Crippen molar-refractivity contribution in [2.75, 3.05) is 0 Å². The molecular weight excluding hydrogens is 168 g/mol. The summed E-state index contributed by atoms with van der Waals surface area (Å²) in [5.41, 5.74) is 4.52. The zero-order chi connectivity index (χ0) is 10.6. The molecule has 1 rings (SSSR count). The van der Waals surface area contributed by atoms with E-state index in [4.69, 9.17) is 0 Å². The first-order valence-electron chi connectivity index (χ1n) is 5.57. The first-order valence-corrected chi connectivity index (χ1v) is 5.57. The SMILES string of the molecule is CC(C)=CCCC(C)=CC1CC=C1C. The van der Waals surface area contributed by atoms with E-state index in [1.807, 2.05) is 0 Å². The monoisotopic (exact) mass is 190 g/mol. The normalized spacial score (nSPS) is 21.3. The van der Waals surface area contributed by atoms with Crippen molar-refractivity contribution in [1.82, 2.24) is 0 Å². The minimum atomic E-state index is 0.752. The summed E-state index contributed by atoms with van der Waals surface area (Å²) in [6, 6.07) is 0. The molecule has 0 saturated carbocycles. The molecule has 1 aliphatic carbocycles. The number of hydrogen-bond donors (Lipinski definition) is 0. The van der Waals surface area contributed by atoms with E-state index in [-0.39, 0.29) is 0 Å². The smallest absolute Gasteiger partial charge is 0.00111 e. The maximum Gasteiger partial charge on any atom is 0.00111 e. The Hall–Kier alpha value is -0.780. The number of hydrogen-bond acceptors (Lipinski definition) is 0. The summed E-state index contributed by atoms with van der Waals surface area (Å²) in [6.07, 6.45) is 10.8. The Balaban J connectivity index is 2.31. The summed E-state index contributed by atoms with van der Waals surface area (Å²) in [5, 5.41) is 0. The average Bonchev–Trinajstić information content (AvgIpc) is 2.11. The standard InChI is InChI=1S/C14H22/c1-11(2)6-5-7-12(3)10-14-9-8-13(14)4/h6,8,10,14H,5,7,9H2,1-4H3. The van der Waals surface area contributed by atoms with E-state index in [0.717, 1.165) is 5.92 Å². The van der Waals surface area contributed by atoms with E-state index < -0.39 is 0 Å². The van der Waals surface area contributed by atoms with Gasteiger partial charge in [0.1, 0.15) is 0 Å². The molecule has 0 saturated heterocycles. The molecule has 0 aliphatic heterocycles. The highest BCUT2D eigenvalue weighted by atomic mass is 14.2. The van der Waals surface area contributed by atoms with E-state index in [2.05, 4.69) is 45.9 Å². The lowest BCUT2D eigenvalue weighted by Crippen LogP contribution is -2.06. The lowest BCUT2D eigenvalue weighted by molar-refractivity contribution is 0.684. The minimum Gasteiger partial charge on any atom is -0.0856 e. The molecule has 0 heterocycles. The first kappa shape index (κ1) is 11.3. The third-order valence-electron chi connectivity index (χ3n) is 2.86. The Morgan fingerprint density at radius 1 is 1.43 bits per heavy atom. The molecule has 0 nitrogen and oxygen atoms in total. The van der Waals surface area contributed by atoms with Gasteiger partial charge in [0.05, 0.1) is 0 Å². The second-order valence-corrected chi connectivity index (χ2v) is 4.62. The molecule has 0 N–H and O–H groups in total. The maximum atomic E-state index is 2.44. The fourth-order valence-electron chi connectivity index (χ4n) is 1.70. The summed E-state index contributed by atoms with van der Waals surface area (Å²) >= 11 is 0. The van der Waals surface area contributed by atoms with E-state index in [1.54, 1.807) is 11.1 Å².